The number of hydrogen-bond donors (Lipinski definition) is 0. The fourth-order valence-electron chi connectivity index (χ4n) is 2.45. The van der Waals surface area contributed by atoms with E-state index in [2.05, 4.69) is 33.9 Å². The van der Waals surface area contributed by atoms with Gasteiger partial charge < -0.3 is 18.7 Å². The standard InChI is InChI=1S/C18H35NO5Si/c1-16(2,3)23-15(21)19-13(12-22-18(19,7)8)14(11-20)24-25(9,10)17(4,5)6/h11,13-14H,12H2,1-10H3/t13-,14-/m1/s1. The highest BCUT2D eigenvalue weighted by Crippen LogP contribution is 2.39. The van der Waals surface area contributed by atoms with E-state index in [1.165, 1.54) is 4.90 Å². The molecular weight excluding hydrogens is 338 g/mol. The van der Waals surface area contributed by atoms with Crippen LogP contribution in [0.5, 0.6) is 0 Å². The van der Waals surface area contributed by atoms with Crippen LogP contribution in [0, 0.1) is 0 Å². The summed E-state index contributed by atoms with van der Waals surface area (Å²) in [5, 5.41) is -0.0417. The predicted molar refractivity (Wildman–Crippen MR) is 100 cm³/mol. The van der Waals surface area contributed by atoms with Gasteiger partial charge in [0.1, 0.15) is 23.7 Å². The van der Waals surface area contributed by atoms with Crippen molar-refractivity contribution in [2.75, 3.05) is 6.61 Å². The molecule has 0 aromatic carbocycles. The molecule has 0 aliphatic carbocycles. The number of nitrogens with zero attached hydrogens (tertiary/aromatic N) is 1. The summed E-state index contributed by atoms with van der Waals surface area (Å²) in [6.07, 6.45) is -0.450. The van der Waals surface area contributed by atoms with Gasteiger partial charge in [-0.25, -0.2) is 4.79 Å². The van der Waals surface area contributed by atoms with Crippen LogP contribution in [0.2, 0.25) is 18.1 Å². The highest BCUT2D eigenvalue weighted by atomic mass is 28.4. The Bertz CT molecular complexity index is 505. The average molecular weight is 374 g/mol. The molecule has 1 rings (SSSR count). The smallest absolute Gasteiger partial charge is 0.413 e. The number of amides is 1. The van der Waals surface area contributed by atoms with E-state index in [-0.39, 0.29) is 11.6 Å². The fourth-order valence-corrected chi connectivity index (χ4v) is 3.70. The Balaban J connectivity index is 3.10. The van der Waals surface area contributed by atoms with Crippen LogP contribution in [-0.4, -0.2) is 55.7 Å². The lowest BCUT2D eigenvalue weighted by Crippen LogP contribution is -2.56. The van der Waals surface area contributed by atoms with Crippen molar-refractivity contribution in [3.05, 3.63) is 0 Å². The molecule has 0 aromatic rings. The first kappa shape index (κ1) is 22.1. The van der Waals surface area contributed by atoms with Crippen LogP contribution >= 0.6 is 0 Å². The summed E-state index contributed by atoms with van der Waals surface area (Å²) < 4.78 is 17.6. The van der Waals surface area contributed by atoms with Crippen molar-refractivity contribution in [1.82, 2.24) is 4.90 Å². The molecular formula is C18H35NO5Si. The normalized spacial score (nSPS) is 22.6. The van der Waals surface area contributed by atoms with Crippen LogP contribution in [0.1, 0.15) is 55.4 Å². The Kier molecular flexibility index (Phi) is 6.20. The third-order valence-corrected chi connectivity index (χ3v) is 9.33. The van der Waals surface area contributed by atoms with Crippen LogP contribution in [0.4, 0.5) is 4.79 Å². The van der Waals surface area contributed by atoms with Gasteiger partial charge in [-0.15, -0.1) is 0 Å². The van der Waals surface area contributed by atoms with Crippen LogP contribution in [0.15, 0.2) is 0 Å². The van der Waals surface area contributed by atoms with Gasteiger partial charge in [-0.05, 0) is 52.8 Å². The number of carbonyl (C=O) groups is 2. The second-order valence-corrected chi connectivity index (χ2v) is 14.4. The molecule has 0 radical (unpaired) electrons. The zero-order chi connectivity index (χ0) is 19.8. The minimum absolute atomic E-state index is 0.0417. The number of rotatable bonds is 4. The van der Waals surface area contributed by atoms with Gasteiger partial charge in [-0.1, -0.05) is 20.8 Å². The molecule has 1 amide bonds. The molecule has 25 heavy (non-hydrogen) atoms. The SMILES string of the molecule is CC(C)(C)OC(=O)N1[C@@H]([C@@H](C=O)O[Si](C)(C)C(C)(C)C)COC1(C)C. The van der Waals surface area contributed by atoms with E-state index < -0.39 is 37.9 Å². The van der Waals surface area contributed by atoms with Crippen molar-refractivity contribution in [2.45, 2.75) is 97.0 Å². The number of aldehydes is 1. The molecule has 1 aliphatic heterocycles. The molecule has 1 saturated heterocycles. The molecule has 0 saturated carbocycles. The second kappa shape index (κ2) is 7.00. The number of ether oxygens (including phenoxy) is 2. The van der Waals surface area contributed by atoms with Crippen LogP contribution in [-0.2, 0) is 18.7 Å². The summed E-state index contributed by atoms with van der Waals surface area (Å²) in [7, 11) is -2.18. The van der Waals surface area contributed by atoms with Gasteiger partial charge in [-0.2, -0.15) is 0 Å². The lowest BCUT2D eigenvalue weighted by molar-refractivity contribution is -0.117. The molecule has 0 bridgehead atoms. The predicted octanol–water partition coefficient (Wildman–Crippen LogP) is 3.95. The maximum absolute atomic E-state index is 12.7. The molecule has 1 aliphatic rings. The van der Waals surface area contributed by atoms with Gasteiger partial charge in [0.25, 0.3) is 0 Å². The van der Waals surface area contributed by atoms with Crippen molar-refractivity contribution in [3.63, 3.8) is 0 Å². The van der Waals surface area contributed by atoms with Gasteiger partial charge in [0, 0.05) is 0 Å². The molecule has 146 valence electrons. The van der Waals surface area contributed by atoms with Crippen molar-refractivity contribution in [3.8, 4) is 0 Å². The molecule has 1 heterocycles. The van der Waals surface area contributed by atoms with Crippen LogP contribution in [0.25, 0.3) is 0 Å². The Morgan fingerprint density at radius 2 is 1.76 bits per heavy atom. The maximum Gasteiger partial charge on any atom is 0.413 e. The van der Waals surface area contributed by atoms with Crippen LogP contribution < -0.4 is 0 Å². The molecule has 6 nitrogen and oxygen atoms in total. The first-order valence-corrected chi connectivity index (χ1v) is 11.7. The molecule has 7 heteroatoms. The van der Waals surface area contributed by atoms with Crippen molar-refractivity contribution in [2.24, 2.45) is 0 Å². The molecule has 0 spiro atoms. The van der Waals surface area contributed by atoms with Crippen LogP contribution in [0.3, 0.4) is 0 Å². The molecule has 2 atom stereocenters. The van der Waals surface area contributed by atoms with E-state index in [1.807, 2.05) is 20.8 Å². The molecule has 0 aromatic heterocycles. The molecule has 1 fully saturated rings. The Morgan fingerprint density at radius 3 is 2.16 bits per heavy atom. The minimum atomic E-state index is -2.18. The zero-order valence-corrected chi connectivity index (χ0v) is 18.4. The molecule has 0 N–H and O–H groups in total. The fraction of sp³-hybridized carbons (Fsp3) is 0.889. The third-order valence-electron chi connectivity index (χ3n) is 4.86. The first-order valence-electron chi connectivity index (χ1n) is 8.81. The summed E-state index contributed by atoms with van der Waals surface area (Å²) in [5.74, 6) is 0. The van der Waals surface area contributed by atoms with E-state index in [1.54, 1.807) is 13.8 Å². The lowest BCUT2D eigenvalue weighted by atomic mass is 10.1. The summed E-state index contributed by atoms with van der Waals surface area (Å²) in [6, 6.07) is -0.503. The van der Waals surface area contributed by atoms with E-state index in [0.29, 0.717) is 0 Å². The van der Waals surface area contributed by atoms with Gasteiger partial charge in [-0.3, -0.25) is 4.90 Å². The monoisotopic (exact) mass is 373 g/mol. The lowest BCUT2D eigenvalue weighted by Gasteiger charge is -2.41. The largest absolute Gasteiger partial charge is 0.444 e. The van der Waals surface area contributed by atoms with Gasteiger partial charge in [0.2, 0.25) is 0 Å². The highest BCUT2D eigenvalue weighted by molar-refractivity contribution is 6.74. The third kappa shape index (κ3) is 5.28. The Hall–Kier alpha value is -0.923. The van der Waals surface area contributed by atoms with Gasteiger partial charge >= 0.3 is 6.09 Å². The van der Waals surface area contributed by atoms with Crippen molar-refractivity contribution >= 4 is 20.7 Å². The van der Waals surface area contributed by atoms with E-state index >= 15 is 0 Å². The second-order valence-electron chi connectivity index (χ2n) is 9.65. The van der Waals surface area contributed by atoms with Gasteiger partial charge in [0.05, 0.1) is 12.6 Å². The average Bonchev–Trinajstić information content (AvgIpc) is 2.68. The quantitative estimate of drug-likeness (QED) is 0.551. The summed E-state index contributed by atoms with van der Waals surface area (Å²) in [6.45, 7) is 19.8. The first-order chi connectivity index (χ1) is 11.0. The van der Waals surface area contributed by atoms with E-state index in [9.17, 15) is 9.59 Å². The summed E-state index contributed by atoms with van der Waals surface area (Å²) >= 11 is 0. The number of carbonyl (C=O) groups excluding carboxylic acids is 2. The maximum atomic E-state index is 12.7. The topological polar surface area (TPSA) is 65.1 Å². The molecule has 0 unspecified atom stereocenters. The Morgan fingerprint density at radius 1 is 1.24 bits per heavy atom. The van der Waals surface area contributed by atoms with Crippen molar-refractivity contribution < 1.29 is 23.5 Å². The Labute approximate surface area is 153 Å². The van der Waals surface area contributed by atoms with E-state index in [0.717, 1.165) is 6.29 Å². The number of hydrogen-bond acceptors (Lipinski definition) is 5. The highest BCUT2D eigenvalue weighted by Gasteiger charge is 2.51. The van der Waals surface area contributed by atoms with Crippen molar-refractivity contribution in [1.29, 1.82) is 0 Å². The van der Waals surface area contributed by atoms with Gasteiger partial charge in [0.15, 0.2) is 8.32 Å². The summed E-state index contributed by atoms with van der Waals surface area (Å²) in [5.41, 5.74) is -1.48. The summed E-state index contributed by atoms with van der Waals surface area (Å²) in [4.78, 5) is 26.1. The van der Waals surface area contributed by atoms with E-state index in [4.69, 9.17) is 13.9 Å². The zero-order valence-electron chi connectivity index (χ0n) is 17.4. The minimum Gasteiger partial charge on any atom is -0.444 e.